The summed E-state index contributed by atoms with van der Waals surface area (Å²) < 4.78 is 6.96. The van der Waals surface area contributed by atoms with Crippen LogP contribution in [0.25, 0.3) is 0 Å². The van der Waals surface area contributed by atoms with Gasteiger partial charge in [-0.1, -0.05) is 0 Å². The maximum Gasteiger partial charge on any atom is 0.328 e. The Hall–Kier alpha value is -1.89. The lowest BCUT2D eigenvalue weighted by Gasteiger charge is -2.32. The first-order valence-corrected chi connectivity index (χ1v) is 6.34. The minimum atomic E-state index is -1.03. The molecule has 3 rings (SSSR count). The Balaban J connectivity index is 1.87. The van der Waals surface area contributed by atoms with E-state index in [2.05, 4.69) is 5.10 Å². The fourth-order valence-corrected chi connectivity index (χ4v) is 2.65. The summed E-state index contributed by atoms with van der Waals surface area (Å²) in [6.45, 7) is 1.55. The predicted molar refractivity (Wildman–Crippen MR) is 63.8 cm³/mol. The molecule has 7 nitrogen and oxygen atoms in total. The molecule has 0 bridgehead atoms. The first-order valence-electron chi connectivity index (χ1n) is 6.34. The molecule has 102 valence electrons. The Morgan fingerprint density at radius 3 is 3.05 bits per heavy atom. The van der Waals surface area contributed by atoms with Gasteiger partial charge in [0.05, 0.1) is 30.7 Å². The van der Waals surface area contributed by atoms with E-state index in [4.69, 9.17) is 9.84 Å². The van der Waals surface area contributed by atoms with Gasteiger partial charge in [-0.2, -0.15) is 5.10 Å². The summed E-state index contributed by atoms with van der Waals surface area (Å²) in [4.78, 5) is 25.0. The van der Waals surface area contributed by atoms with E-state index in [1.165, 1.54) is 4.90 Å². The lowest BCUT2D eigenvalue weighted by molar-refractivity contribution is -0.147. The Morgan fingerprint density at radius 1 is 1.42 bits per heavy atom. The second kappa shape index (κ2) is 4.65. The number of aromatic nitrogens is 2. The summed E-state index contributed by atoms with van der Waals surface area (Å²) in [5.41, 5.74) is 1.45. The van der Waals surface area contributed by atoms with Crippen molar-refractivity contribution in [2.75, 3.05) is 19.8 Å². The van der Waals surface area contributed by atoms with E-state index in [1.54, 1.807) is 6.20 Å². The zero-order chi connectivity index (χ0) is 13.4. The highest BCUT2D eigenvalue weighted by Gasteiger charge is 2.35. The van der Waals surface area contributed by atoms with Gasteiger partial charge in [-0.25, -0.2) is 4.79 Å². The number of carboxylic acids is 1. The van der Waals surface area contributed by atoms with E-state index in [0.717, 1.165) is 25.1 Å². The maximum absolute atomic E-state index is 12.5. The number of carbonyl (C=O) groups is 2. The van der Waals surface area contributed by atoms with Crippen molar-refractivity contribution in [1.29, 1.82) is 0 Å². The number of aryl methyl sites for hydroxylation is 1. The van der Waals surface area contributed by atoms with Crippen molar-refractivity contribution >= 4 is 11.9 Å². The molecule has 0 saturated carbocycles. The van der Waals surface area contributed by atoms with E-state index >= 15 is 0 Å². The first-order chi connectivity index (χ1) is 9.18. The zero-order valence-corrected chi connectivity index (χ0v) is 10.4. The highest BCUT2D eigenvalue weighted by Crippen LogP contribution is 2.21. The van der Waals surface area contributed by atoms with Gasteiger partial charge in [-0.15, -0.1) is 0 Å². The van der Waals surface area contributed by atoms with Gasteiger partial charge in [-0.3, -0.25) is 9.48 Å². The SMILES string of the molecule is O=C(O)C1COCCN1C(=O)c1cnn2c1CCC2. The summed E-state index contributed by atoms with van der Waals surface area (Å²) in [6.07, 6.45) is 3.35. The largest absolute Gasteiger partial charge is 0.480 e. The summed E-state index contributed by atoms with van der Waals surface area (Å²) in [5, 5.41) is 13.3. The van der Waals surface area contributed by atoms with E-state index in [1.807, 2.05) is 4.68 Å². The van der Waals surface area contributed by atoms with E-state index in [-0.39, 0.29) is 12.5 Å². The molecule has 1 amide bonds. The number of hydrogen-bond acceptors (Lipinski definition) is 4. The minimum Gasteiger partial charge on any atom is -0.480 e. The van der Waals surface area contributed by atoms with Crippen LogP contribution in [0.15, 0.2) is 6.20 Å². The van der Waals surface area contributed by atoms with Gasteiger partial charge in [0.1, 0.15) is 0 Å². The quantitative estimate of drug-likeness (QED) is 0.797. The van der Waals surface area contributed by atoms with Crippen LogP contribution in [-0.4, -0.2) is 57.5 Å². The van der Waals surface area contributed by atoms with Crippen molar-refractivity contribution in [1.82, 2.24) is 14.7 Å². The third-order valence-electron chi connectivity index (χ3n) is 3.64. The standard InChI is InChI=1S/C12H15N3O4/c16-11(8-6-13-15-3-1-2-9(8)15)14-4-5-19-7-10(14)12(17)18/h6,10H,1-5,7H2,(H,17,18). The average Bonchev–Trinajstić information content (AvgIpc) is 3.00. The number of carboxylic acid groups (broad SMARTS) is 1. The number of amides is 1. The van der Waals surface area contributed by atoms with Crippen LogP contribution in [0.2, 0.25) is 0 Å². The van der Waals surface area contributed by atoms with Crippen molar-refractivity contribution in [2.45, 2.75) is 25.4 Å². The minimum absolute atomic E-state index is 0.0462. The molecule has 7 heteroatoms. The van der Waals surface area contributed by atoms with Crippen molar-refractivity contribution in [3.63, 3.8) is 0 Å². The number of nitrogens with zero attached hydrogens (tertiary/aromatic N) is 3. The number of morpholine rings is 1. The van der Waals surface area contributed by atoms with Crippen LogP contribution < -0.4 is 0 Å². The topological polar surface area (TPSA) is 84.7 Å². The molecular weight excluding hydrogens is 250 g/mol. The number of fused-ring (bicyclic) bond motifs is 1. The van der Waals surface area contributed by atoms with Crippen LogP contribution in [0.3, 0.4) is 0 Å². The molecule has 0 aromatic carbocycles. The van der Waals surface area contributed by atoms with E-state index < -0.39 is 12.0 Å². The Morgan fingerprint density at radius 2 is 2.26 bits per heavy atom. The number of aliphatic carboxylic acids is 1. The third kappa shape index (κ3) is 1.99. The van der Waals surface area contributed by atoms with Gasteiger partial charge in [-0.05, 0) is 12.8 Å². The number of carbonyl (C=O) groups excluding carboxylic acids is 1. The van der Waals surface area contributed by atoms with Gasteiger partial charge in [0.2, 0.25) is 0 Å². The molecule has 1 saturated heterocycles. The third-order valence-corrected chi connectivity index (χ3v) is 3.64. The van der Waals surface area contributed by atoms with Crippen molar-refractivity contribution in [3.8, 4) is 0 Å². The van der Waals surface area contributed by atoms with Crippen molar-refractivity contribution in [3.05, 3.63) is 17.5 Å². The molecule has 1 atom stereocenters. The average molecular weight is 265 g/mol. The molecule has 2 aliphatic rings. The molecule has 1 fully saturated rings. The Labute approximate surface area is 109 Å². The van der Waals surface area contributed by atoms with Crippen LogP contribution in [0.4, 0.5) is 0 Å². The maximum atomic E-state index is 12.5. The van der Waals surface area contributed by atoms with Crippen molar-refractivity contribution in [2.24, 2.45) is 0 Å². The van der Waals surface area contributed by atoms with E-state index in [0.29, 0.717) is 18.7 Å². The van der Waals surface area contributed by atoms with Crippen LogP contribution in [0.1, 0.15) is 22.5 Å². The second-order valence-corrected chi connectivity index (χ2v) is 4.76. The van der Waals surface area contributed by atoms with E-state index in [9.17, 15) is 9.59 Å². The van der Waals surface area contributed by atoms with Crippen LogP contribution in [0.5, 0.6) is 0 Å². The Kier molecular flexibility index (Phi) is 2.98. The fraction of sp³-hybridized carbons (Fsp3) is 0.583. The van der Waals surface area contributed by atoms with Crippen LogP contribution >= 0.6 is 0 Å². The summed E-state index contributed by atoms with van der Waals surface area (Å²) >= 11 is 0. The van der Waals surface area contributed by atoms with Gasteiger partial charge >= 0.3 is 5.97 Å². The molecule has 19 heavy (non-hydrogen) atoms. The van der Waals surface area contributed by atoms with Gasteiger partial charge in [0.25, 0.3) is 5.91 Å². The summed E-state index contributed by atoms with van der Waals surface area (Å²) in [7, 11) is 0. The summed E-state index contributed by atoms with van der Waals surface area (Å²) in [6, 6.07) is -0.904. The molecule has 1 aromatic rings. The smallest absolute Gasteiger partial charge is 0.328 e. The monoisotopic (exact) mass is 265 g/mol. The number of hydrogen-bond donors (Lipinski definition) is 1. The fourth-order valence-electron chi connectivity index (χ4n) is 2.65. The molecule has 2 aliphatic heterocycles. The highest BCUT2D eigenvalue weighted by molar-refractivity contribution is 5.97. The molecule has 3 heterocycles. The molecule has 0 aliphatic carbocycles. The molecule has 1 unspecified atom stereocenters. The molecule has 0 radical (unpaired) electrons. The number of rotatable bonds is 2. The van der Waals surface area contributed by atoms with Crippen LogP contribution in [-0.2, 0) is 22.5 Å². The lowest BCUT2D eigenvalue weighted by Crippen LogP contribution is -2.52. The molecule has 1 N–H and O–H groups in total. The Bertz CT molecular complexity index is 525. The van der Waals surface area contributed by atoms with Crippen molar-refractivity contribution < 1.29 is 19.4 Å². The lowest BCUT2D eigenvalue weighted by atomic mass is 10.1. The number of ether oxygens (including phenoxy) is 1. The summed E-state index contributed by atoms with van der Waals surface area (Å²) in [5.74, 6) is -1.28. The molecule has 0 spiro atoms. The van der Waals surface area contributed by atoms with Gasteiger partial charge < -0.3 is 14.7 Å². The second-order valence-electron chi connectivity index (χ2n) is 4.76. The molecular formula is C12H15N3O4. The van der Waals surface area contributed by atoms with Gasteiger partial charge in [0, 0.05) is 13.1 Å². The predicted octanol–water partition coefficient (Wildman–Crippen LogP) is -0.245. The van der Waals surface area contributed by atoms with Gasteiger partial charge in [0.15, 0.2) is 6.04 Å². The normalized spacial score (nSPS) is 22.3. The highest BCUT2D eigenvalue weighted by atomic mass is 16.5. The van der Waals surface area contributed by atoms with Crippen LogP contribution in [0, 0.1) is 0 Å². The molecule has 1 aromatic heterocycles. The first kappa shape index (κ1) is 12.2. The zero-order valence-electron chi connectivity index (χ0n) is 10.4.